The van der Waals surface area contributed by atoms with Crippen LogP contribution >= 0.6 is 0 Å². The van der Waals surface area contributed by atoms with E-state index in [1.807, 2.05) is 0 Å². The van der Waals surface area contributed by atoms with Crippen molar-refractivity contribution in [3.63, 3.8) is 0 Å². The molecule has 4 heteroatoms. The fourth-order valence-corrected chi connectivity index (χ4v) is 0.279. The van der Waals surface area contributed by atoms with Crippen LogP contribution < -0.4 is 0 Å². The van der Waals surface area contributed by atoms with Gasteiger partial charge in [0.2, 0.25) is 0 Å². The van der Waals surface area contributed by atoms with E-state index < -0.39 is 0 Å². The number of rotatable bonds is 0. The molecular formula is C5H10O4. The Kier molecular flexibility index (Phi) is 7.17. The Bertz CT molecular complexity index is 48.5. The van der Waals surface area contributed by atoms with E-state index >= 15 is 0 Å². The highest BCUT2D eigenvalue weighted by atomic mass is 16.8. The van der Waals surface area contributed by atoms with E-state index in [0.29, 0.717) is 20.4 Å². The summed E-state index contributed by atoms with van der Waals surface area (Å²) in [7, 11) is 0. The fraction of sp³-hybridized carbons (Fsp3) is 0.800. The smallest absolute Gasteiger partial charge is 0.152 e. The minimum absolute atomic E-state index is 0.375. The molecule has 0 aromatic rings. The Morgan fingerprint density at radius 3 is 1.44 bits per heavy atom. The third-order valence-corrected chi connectivity index (χ3v) is 0.500. The zero-order valence-corrected chi connectivity index (χ0v) is 5.33. The molecule has 4 nitrogen and oxygen atoms in total. The van der Waals surface area contributed by atoms with E-state index in [1.165, 1.54) is 6.92 Å². The van der Waals surface area contributed by atoms with Crippen LogP contribution in [0.2, 0.25) is 0 Å². The predicted molar refractivity (Wildman–Crippen MR) is 29.6 cm³/mol. The molecule has 1 fully saturated rings. The average Bonchev–Trinajstić information content (AvgIpc) is 1.93. The zero-order chi connectivity index (χ0) is 6.95. The van der Waals surface area contributed by atoms with E-state index in [9.17, 15) is 0 Å². The van der Waals surface area contributed by atoms with Gasteiger partial charge in [0.25, 0.3) is 0 Å². The fourth-order valence-electron chi connectivity index (χ4n) is 0.279. The van der Waals surface area contributed by atoms with Crippen LogP contribution in [0.4, 0.5) is 0 Å². The highest BCUT2D eigenvalue weighted by molar-refractivity contribution is 5.44. The normalized spacial score (nSPS) is 17.4. The maximum atomic E-state index is 8.81. The van der Waals surface area contributed by atoms with Crippen LogP contribution in [0, 0.1) is 0 Å². The van der Waals surface area contributed by atoms with E-state index in [1.54, 1.807) is 0 Å². The Morgan fingerprint density at radius 2 is 1.33 bits per heavy atom. The molecule has 54 valence electrons. The first-order valence-corrected chi connectivity index (χ1v) is 2.55. The van der Waals surface area contributed by atoms with Crippen LogP contribution in [0.3, 0.4) is 0 Å². The van der Waals surface area contributed by atoms with Crippen molar-refractivity contribution >= 4 is 6.29 Å². The number of hydrogen-bond acceptors (Lipinski definition) is 4. The molecule has 1 aliphatic heterocycles. The van der Waals surface area contributed by atoms with Gasteiger partial charge in [0.05, 0.1) is 0 Å². The lowest BCUT2D eigenvalue weighted by atomic mass is 11.0. The van der Waals surface area contributed by atoms with Gasteiger partial charge in [-0.25, -0.2) is 0 Å². The van der Waals surface area contributed by atoms with Gasteiger partial charge < -0.3 is 19.0 Å². The topological polar surface area (TPSA) is 44.8 Å². The molecular weight excluding hydrogens is 124 g/mol. The van der Waals surface area contributed by atoms with Crippen LogP contribution in [-0.4, -0.2) is 26.7 Å². The van der Waals surface area contributed by atoms with Crippen molar-refractivity contribution in [2.45, 2.75) is 6.92 Å². The van der Waals surface area contributed by atoms with Gasteiger partial charge in [-0.15, -0.1) is 0 Å². The van der Waals surface area contributed by atoms with Gasteiger partial charge >= 0.3 is 0 Å². The van der Waals surface area contributed by atoms with E-state index in [-0.39, 0.29) is 0 Å². The maximum Gasteiger partial charge on any atom is 0.152 e. The summed E-state index contributed by atoms with van der Waals surface area (Å²) in [5.74, 6) is 0. The highest BCUT2D eigenvalue weighted by Gasteiger charge is 1.93. The minimum Gasteiger partial charge on any atom is -0.329 e. The van der Waals surface area contributed by atoms with E-state index in [0.717, 1.165) is 6.29 Å². The van der Waals surface area contributed by atoms with Gasteiger partial charge in [0.15, 0.2) is 20.4 Å². The molecule has 0 bridgehead atoms. The van der Waals surface area contributed by atoms with Crippen molar-refractivity contribution in [1.82, 2.24) is 0 Å². The molecule has 1 heterocycles. The maximum absolute atomic E-state index is 8.81. The quantitative estimate of drug-likeness (QED) is 0.441. The molecule has 0 radical (unpaired) electrons. The lowest BCUT2D eigenvalue weighted by Gasteiger charge is -2.10. The van der Waals surface area contributed by atoms with Crippen molar-refractivity contribution in [2.75, 3.05) is 20.4 Å². The second-order valence-electron chi connectivity index (χ2n) is 1.20. The minimum atomic E-state index is 0.375. The van der Waals surface area contributed by atoms with Gasteiger partial charge in [-0.3, -0.25) is 0 Å². The standard InChI is InChI=1S/C3H6O3.C2H4O/c1-4-2-6-3-5-1;1-2-3/h1-3H2;2H,1H3. The van der Waals surface area contributed by atoms with E-state index in [4.69, 9.17) is 4.79 Å². The van der Waals surface area contributed by atoms with Gasteiger partial charge in [0.1, 0.15) is 6.29 Å². The number of aldehydes is 1. The molecule has 0 amide bonds. The van der Waals surface area contributed by atoms with Gasteiger partial charge in [0, 0.05) is 0 Å². The number of carbonyl (C=O) groups excluding carboxylic acids is 1. The highest BCUT2D eigenvalue weighted by Crippen LogP contribution is 1.87. The van der Waals surface area contributed by atoms with Crippen LogP contribution in [-0.2, 0) is 19.0 Å². The Balaban J connectivity index is 0.000000187. The first-order valence-electron chi connectivity index (χ1n) is 2.55. The first kappa shape index (κ1) is 8.55. The molecule has 0 N–H and O–H groups in total. The molecule has 0 saturated carbocycles. The molecule has 0 unspecified atom stereocenters. The van der Waals surface area contributed by atoms with Crippen LogP contribution in [0.15, 0.2) is 0 Å². The van der Waals surface area contributed by atoms with Crippen molar-refractivity contribution in [3.8, 4) is 0 Å². The summed E-state index contributed by atoms with van der Waals surface area (Å²) >= 11 is 0. The summed E-state index contributed by atoms with van der Waals surface area (Å²) in [6, 6.07) is 0. The Morgan fingerprint density at radius 1 is 1.11 bits per heavy atom. The molecule has 0 aromatic carbocycles. The number of hydrogen-bond donors (Lipinski definition) is 0. The molecule has 0 aliphatic carbocycles. The van der Waals surface area contributed by atoms with Crippen molar-refractivity contribution in [2.24, 2.45) is 0 Å². The Hall–Kier alpha value is -0.450. The van der Waals surface area contributed by atoms with Gasteiger partial charge in [-0.2, -0.15) is 0 Å². The zero-order valence-electron chi connectivity index (χ0n) is 5.33. The summed E-state index contributed by atoms with van der Waals surface area (Å²) in [6.45, 7) is 2.57. The average molecular weight is 134 g/mol. The number of carbonyl (C=O) groups is 1. The van der Waals surface area contributed by atoms with Gasteiger partial charge in [-0.1, -0.05) is 0 Å². The van der Waals surface area contributed by atoms with Crippen molar-refractivity contribution in [1.29, 1.82) is 0 Å². The van der Waals surface area contributed by atoms with Gasteiger partial charge in [-0.05, 0) is 6.92 Å². The molecule has 0 aromatic heterocycles. The molecule has 1 rings (SSSR count). The second-order valence-corrected chi connectivity index (χ2v) is 1.20. The number of ether oxygens (including phenoxy) is 3. The molecule has 9 heavy (non-hydrogen) atoms. The summed E-state index contributed by atoms with van der Waals surface area (Å²) in [5, 5.41) is 0. The molecule has 0 spiro atoms. The molecule has 0 atom stereocenters. The lowest BCUT2D eigenvalue weighted by molar-refractivity contribution is -0.247. The lowest BCUT2D eigenvalue weighted by Crippen LogP contribution is -2.14. The van der Waals surface area contributed by atoms with Crippen molar-refractivity contribution in [3.05, 3.63) is 0 Å². The van der Waals surface area contributed by atoms with E-state index in [2.05, 4.69) is 14.2 Å². The summed E-state index contributed by atoms with van der Waals surface area (Å²) in [6.07, 6.45) is 0.750. The van der Waals surface area contributed by atoms with Crippen molar-refractivity contribution < 1.29 is 19.0 Å². The first-order chi connectivity index (χ1) is 4.41. The molecule has 1 aliphatic rings. The summed E-state index contributed by atoms with van der Waals surface area (Å²) in [4.78, 5) is 8.81. The SMILES string of the molecule is C1OCOCO1.CC=O. The van der Waals surface area contributed by atoms with Crippen LogP contribution in [0.1, 0.15) is 6.92 Å². The third kappa shape index (κ3) is 7.55. The largest absolute Gasteiger partial charge is 0.329 e. The predicted octanol–water partition coefficient (Wildman–Crippen LogP) is 0.127. The third-order valence-electron chi connectivity index (χ3n) is 0.500. The second kappa shape index (κ2) is 7.55. The van der Waals surface area contributed by atoms with Crippen LogP contribution in [0.25, 0.3) is 0 Å². The van der Waals surface area contributed by atoms with Crippen LogP contribution in [0.5, 0.6) is 0 Å². The molecule has 1 saturated heterocycles. The Labute approximate surface area is 53.7 Å². The monoisotopic (exact) mass is 134 g/mol. The summed E-state index contributed by atoms with van der Waals surface area (Å²) < 4.78 is 13.9. The summed E-state index contributed by atoms with van der Waals surface area (Å²) in [5.41, 5.74) is 0.